The molecule has 0 bridgehead atoms. The molecule has 0 radical (unpaired) electrons. The highest BCUT2D eigenvalue weighted by molar-refractivity contribution is 5.87. The molecule has 0 saturated heterocycles. The molecule has 4 aromatic carbocycles. The Morgan fingerprint density at radius 2 is 1.12 bits per heavy atom. The van der Waals surface area contributed by atoms with Gasteiger partial charge in [-0.3, -0.25) is 4.99 Å². The average molecular weight is 333 g/mol. The zero-order valence-corrected chi connectivity index (χ0v) is 14.4. The zero-order chi connectivity index (χ0) is 17.6. The van der Waals surface area contributed by atoms with Crippen molar-refractivity contribution in [3.63, 3.8) is 0 Å². The largest absolute Gasteiger partial charge is 0.256 e. The molecule has 0 amide bonds. The maximum absolute atomic E-state index is 4.76. The van der Waals surface area contributed by atoms with Gasteiger partial charge in [0, 0.05) is 11.8 Å². The summed E-state index contributed by atoms with van der Waals surface area (Å²) in [5, 5.41) is 0. The van der Waals surface area contributed by atoms with E-state index in [0.717, 1.165) is 16.8 Å². The second-order valence-electron chi connectivity index (χ2n) is 6.13. The Morgan fingerprint density at radius 1 is 0.500 bits per heavy atom. The second-order valence-corrected chi connectivity index (χ2v) is 6.13. The molecule has 0 atom stereocenters. The lowest BCUT2D eigenvalue weighted by Crippen LogP contribution is -1.84. The Hall–Kier alpha value is -3.45. The highest BCUT2D eigenvalue weighted by atomic mass is 14.7. The van der Waals surface area contributed by atoms with Gasteiger partial charge in [0.05, 0.1) is 5.69 Å². The molecule has 0 N–H and O–H groups in total. The minimum absolute atomic E-state index is 0.976. The topological polar surface area (TPSA) is 12.4 Å². The molecule has 0 aliphatic rings. The Kier molecular flexibility index (Phi) is 4.70. The van der Waals surface area contributed by atoms with Gasteiger partial charge in [0.1, 0.15) is 0 Å². The van der Waals surface area contributed by atoms with E-state index in [-0.39, 0.29) is 0 Å². The fraction of sp³-hybridized carbons (Fsp3) is 0. The molecule has 1 nitrogen and oxygen atoms in total. The molecular formula is C25H19N. The fourth-order valence-electron chi connectivity index (χ4n) is 3.02. The Morgan fingerprint density at radius 3 is 1.88 bits per heavy atom. The maximum atomic E-state index is 4.76. The molecule has 4 rings (SSSR count). The van der Waals surface area contributed by atoms with Crippen LogP contribution in [0.3, 0.4) is 0 Å². The highest BCUT2D eigenvalue weighted by Crippen LogP contribution is 2.29. The molecule has 0 fully saturated rings. The number of nitrogens with zero attached hydrogens (tertiary/aromatic N) is 1. The summed E-state index contributed by atoms with van der Waals surface area (Å²) in [6.07, 6.45) is 1.94. The third kappa shape index (κ3) is 3.62. The van der Waals surface area contributed by atoms with Gasteiger partial charge in [0.2, 0.25) is 0 Å². The van der Waals surface area contributed by atoms with Crippen LogP contribution in [0.25, 0.3) is 22.3 Å². The minimum atomic E-state index is 0.976. The maximum Gasteiger partial charge on any atom is 0.0708 e. The van der Waals surface area contributed by atoms with Gasteiger partial charge in [-0.2, -0.15) is 0 Å². The van der Waals surface area contributed by atoms with Crippen LogP contribution < -0.4 is 0 Å². The molecule has 0 aliphatic carbocycles. The number of hydrogen-bond donors (Lipinski definition) is 0. The molecule has 0 unspecified atom stereocenters. The lowest BCUT2D eigenvalue weighted by molar-refractivity contribution is 1.51. The molecule has 124 valence electrons. The fourth-order valence-corrected chi connectivity index (χ4v) is 3.02. The van der Waals surface area contributed by atoms with Crippen LogP contribution in [0.2, 0.25) is 0 Å². The van der Waals surface area contributed by atoms with Gasteiger partial charge >= 0.3 is 0 Å². The summed E-state index contributed by atoms with van der Waals surface area (Å²) in [6.45, 7) is 0. The van der Waals surface area contributed by atoms with Crippen molar-refractivity contribution in [1.29, 1.82) is 0 Å². The smallest absolute Gasteiger partial charge is 0.0708 e. The Labute approximate surface area is 154 Å². The first-order valence-electron chi connectivity index (χ1n) is 8.74. The molecule has 26 heavy (non-hydrogen) atoms. The van der Waals surface area contributed by atoms with Crippen molar-refractivity contribution in [2.75, 3.05) is 0 Å². The molecule has 4 aromatic rings. The van der Waals surface area contributed by atoms with Gasteiger partial charge < -0.3 is 0 Å². The van der Waals surface area contributed by atoms with Crippen molar-refractivity contribution < 1.29 is 0 Å². The molecule has 0 spiro atoms. The monoisotopic (exact) mass is 333 g/mol. The van der Waals surface area contributed by atoms with E-state index in [1.165, 1.54) is 16.7 Å². The third-order valence-electron chi connectivity index (χ3n) is 4.34. The predicted molar refractivity (Wildman–Crippen MR) is 111 cm³/mol. The molecule has 1 heteroatoms. The van der Waals surface area contributed by atoms with Crippen LogP contribution in [0.5, 0.6) is 0 Å². The van der Waals surface area contributed by atoms with E-state index in [9.17, 15) is 0 Å². The van der Waals surface area contributed by atoms with Gasteiger partial charge in [-0.1, -0.05) is 97.1 Å². The molecule has 0 aliphatic heterocycles. The van der Waals surface area contributed by atoms with Crippen LogP contribution in [-0.4, -0.2) is 6.21 Å². The van der Waals surface area contributed by atoms with Crippen molar-refractivity contribution in [3.05, 3.63) is 115 Å². The zero-order valence-electron chi connectivity index (χ0n) is 14.4. The van der Waals surface area contributed by atoms with E-state index in [1.54, 1.807) is 0 Å². The summed E-state index contributed by atoms with van der Waals surface area (Å²) < 4.78 is 0. The number of benzene rings is 4. The summed E-state index contributed by atoms with van der Waals surface area (Å²) in [7, 11) is 0. The van der Waals surface area contributed by atoms with E-state index in [0.29, 0.717) is 0 Å². The number of rotatable bonds is 4. The normalized spacial score (nSPS) is 10.9. The van der Waals surface area contributed by atoms with Gasteiger partial charge in [0.25, 0.3) is 0 Å². The summed E-state index contributed by atoms with van der Waals surface area (Å²) in [6, 6.07) is 37.5. The van der Waals surface area contributed by atoms with Gasteiger partial charge in [-0.05, 0) is 34.4 Å². The molecule has 0 heterocycles. The van der Waals surface area contributed by atoms with Gasteiger partial charge in [-0.25, -0.2) is 0 Å². The quantitative estimate of drug-likeness (QED) is 0.365. The van der Waals surface area contributed by atoms with E-state index >= 15 is 0 Å². The summed E-state index contributed by atoms with van der Waals surface area (Å²) in [4.78, 5) is 4.76. The SMILES string of the molecule is C(=Nc1ccccc1-c1ccccc1)c1cccc(-c2ccccc2)c1. The van der Waals surface area contributed by atoms with Crippen LogP contribution in [0.1, 0.15) is 5.56 Å². The number of aliphatic imine (C=N–C) groups is 1. The molecule has 0 aromatic heterocycles. The van der Waals surface area contributed by atoms with E-state index < -0.39 is 0 Å². The standard InChI is InChI=1S/C25H19N/c1-3-11-21(12-4-1)23-15-9-10-20(18-23)19-26-25-17-8-7-16-24(25)22-13-5-2-6-14-22/h1-19H. The van der Waals surface area contributed by atoms with Crippen molar-refractivity contribution >= 4 is 11.9 Å². The van der Waals surface area contributed by atoms with Crippen molar-refractivity contribution in [3.8, 4) is 22.3 Å². The van der Waals surface area contributed by atoms with Crippen LogP contribution >= 0.6 is 0 Å². The van der Waals surface area contributed by atoms with E-state index in [1.807, 2.05) is 24.4 Å². The van der Waals surface area contributed by atoms with Crippen molar-refractivity contribution in [1.82, 2.24) is 0 Å². The Balaban J connectivity index is 1.66. The Bertz CT molecular complexity index is 1020. The van der Waals surface area contributed by atoms with E-state index in [2.05, 4.69) is 91.0 Å². The van der Waals surface area contributed by atoms with Crippen LogP contribution in [-0.2, 0) is 0 Å². The predicted octanol–water partition coefficient (Wildman–Crippen LogP) is 6.77. The lowest BCUT2D eigenvalue weighted by atomic mass is 10.0. The van der Waals surface area contributed by atoms with E-state index in [4.69, 9.17) is 4.99 Å². The van der Waals surface area contributed by atoms with Gasteiger partial charge in [0.15, 0.2) is 0 Å². The highest BCUT2D eigenvalue weighted by Gasteiger charge is 2.02. The first kappa shape index (κ1) is 16.0. The minimum Gasteiger partial charge on any atom is -0.256 e. The molecular weight excluding hydrogens is 314 g/mol. The molecule has 0 saturated carbocycles. The average Bonchev–Trinajstić information content (AvgIpc) is 2.74. The summed E-state index contributed by atoms with van der Waals surface area (Å²) in [5.41, 5.74) is 6.80. The summed E-state index contributed by atoms with van der Waals surface area (Å²) in [5.74, 6) is 0. The second kappa shape index (κ2) is 7.62. The van der Waals surface area contributed by atoms with Crippen LogP contribution in [0, 0.1) is 0 Å². The van der Waals surface area contributed by atoms with Crippen molar-refractivity contribution in [2.45, 2.75) is 0 Å². The van der Waals surface area contributed by atoms with Crippen LogP contribution in [0.4, 0.5) is 5.69 Å². The van der Waals surface area contributed by atoms with Crippen molar-refractivity contribution in [2.24, 2.45) is 4.99 Å². The first-order valence-corrected chi connectivity index (χ1v) is 8.74. The summed E-state index contributed by atoms with van der Waals surface area (Å²) >= 11 is 0. The lowest BCUT2D eigenvalue weighted by Gasteiger charge is -2.06. The first-order chi connectivity index (χ1) is 12.9. The third-order valence-corrected chi connectivity index (χ3v) is 4.34. The number of hydrogen-bond acceptors (Lipinski definition) is 1. The number of para-hydroxylation sites is 1. The van der Waals surface area contributed by atoms with Crippen LogP contribution in [0.15, 0.2) is 114 Å². The van der Waals surface area contributed by atoms with Gasteiger partial charge in [-0.15, -0.1) is 0 Å².